The number of hydrogen-bond acceptors (Lipinski definition) is 7. The third-order valence-corrected chi connectivity index (χ3v) is 8.12. The van der Waals surface area contributed by atoms with Crippen molar-refractivity contribution in [1.29, 1.82) is 10.5 Å². The van der Waals surface area contributed by atoms with Gasteiger partial charge in [-0.2, -0.15) is 10.5 Å². The largest absolute Gasteiger partial charge is 0.465 e. The second kappa shape index (κ2) is 9.85. The van der Waals surface area contributed by atoms with Crippen molar-refractivity contribution in [1.82, 2.24) is 9.88 Å². The van der Waals surface area contributed by atoms with Gasteiger partial charge in [0, 0.05) is 31.6 Å². The Morgan fingerprint density at radius 2 is 1.80 bits per heavy atom. The zero-order valence-electron chi connectivity index (χ0n) is 19.4. The number of nitrogens with two attached hydrogens (primary N) is 1. The number of pyridine rings is 1. The van der Waals surface area contributed by atoms with Crippen LogP contribution in [0.1, 0.15) is 47.3 Å². The average molecular weight is 491 g/mol. The molecule has 1 spiro atoms. The summed E-state index contributed by atoms with van der Waals surface area (Å²) in [6, 6.07) is 13.6. The lowest BCUT2D eigenvalue weighted by Crippen LogP contribution is -2.61. The monoisotopic (exact) mass is 490 g/mol. The third-order valence-electron chi connectivity index (χ3n) is 6.86. The molecule has 2 fully saturated rings. The van der Waals surface area contributed by atoms with Gasteiger partial charge in [-0.05, 0) is 30.4 Å². The zero-order chi connectivity index (χ0) is 25.2. The summed E-state index contributed by atoms with van der Waals surface area (Å²) in [4.78, 5) is 31.8. The summed E-state index contributed by atoms with van der Waals surface area (Å²) in [7, 11) is 0. The molecule has 2 saturated heterocycles. The molecule has 0 radical (unpaired) electrons. The Kier molecular flexibility index (Phi) is 6.86. The van der Waals surface area contributed by atoms with Crippen molar-refractivity contribution in [3.8, 4) is 12.1 Å². The second-order valence-electron chi connectivity index (χ2n) is 8.98. The molecular weight excluding hydrogens is 464 g/mol. The first-order valence-corrected chi connectivity index (χ1v) is 12.3. The smallest absolute Gasteiger partial charge is 0.407 e. The molecule has 3 N–H and O–H groups in total. The van der Waals surface area contributed by atoms with Crippen LogP contribution in [0.25, 0.3) is 0 Å². The molecular formula is C25H26N6O3S. The van der Waals surface area contributed by atoms with Crippen LogP contribution in [0.5, 0.6) is 0 Å². The summed E-state index contributed by atoms with van der Waals surface area (Å²) >= 11 is 1.13. The standard InChI is InChI=1S/C25H26N6O3S/c1-2-17-18(12-26)22(30-10-8-25(9-11-30)14-31(15-25)24(33)34)29-23(19(17)13-27)35-20(21(28)32)16-6-4-3-5-7-16/h3-7,20H,2,8-11,14-15H2,1H3,(H2,28,32)(H,33,34). The summed E-state index contributed by atoms with van der Waals surface area (Å²) in [5, 5.41) is 28.8. The number of carbonyl (C=O) groups excluding carboxylic acids is 1. The summed E-state index contributed by atoms with van der Waals surface area (Å²) < 4.78 is 0. The van der Waals surface area contributed by atoms with Gasteiger partial charge in [0.25, 0.3) is 0 Å². The second-order valence-corrected chi connectivity index (χ2v) is 10.1. The number of hydrogen-bond donors (Lipinski definition) is 2. The molecule has 180 valence electrons. The lowest BCUT2D eigenvalue weighted by atomic mass is 9.72. The van der Waals surface area contributed by atoms with Crippen molar-refractivity contribution in [2.45, 2.75) is 36.5 Å². The van der Waals surface area contributed by atoms with Gasteiger partial charge in [-0.3, -0.25) is 4.79 Å². The highest BCUT2D eigenvalue weighted by Crippen LogP contribution is 2.43. The van der Waals surface area contributed by atoms with Crippen LogP contribution in [0.3, 0.4) is 0 Å². The summed E-state index contributed by atoms with van der Waals surface area (Å²) in [5.41, 5.74) is 7.69. The van der Waals surface area contributed by atoms with E-state index < -0.39 is 17.3 Å². The fraction of sp³-hybridized carbons (Fsp3) is 0.400. The first-order valence-electron chi connectivity index (χ1n) is 11.4. The summed E-state index contributed by atoms with van der Waals surface area (Å²) in [6.45, 7) is 4.21. The predicted octanol–water partition coefficient (Wildman–Crippen LogP) is 3.29. The van der Waals surface area contributed by atoms with Crippen molar-refractivity contribution in [2.24, 2.45) is 11.1 Å². The van der Waals surface area contributed by atoms with Gasteiger partial charge in [-0.1, -0.05) is 49.0 Å². The molecule has 2 aromatic rings. The van der Waals surface area contributed by atoms with Gasteiger partial charge >= 0.3 is 6.09 Å². The van der Waals surface area contributed by atoms with E-state index in [-0.39, 0.29) is 5.41 Å². The number of primary amides is 1. The van der Waals surface area contributed by atoms with E-state index >= 15 is 0 Å². The molecule has 0 saturated carbocycles. The molecule has 1 aromatic heterocycles. The van der Waals surface area contributed by atoms with Crippen LogP contribution < -0.4 is 10.6 Å². The first-order chi connectivity index (χ1) is 16.8. The number of benzene rings is 1. The van der Waals surface area contributed by atoms with Crippen molar-refractivity contribution >= 4 is 29.6 Å². The van der Waals surface area contributed by atoms with E-state index in [9.17, 15) is 25.2 Å². The molecule has 1 unspecified atom stereocenters. The maximum absolute atomic E-state index is 12.3. The lowest BCUT2D eigenvalue weighted by Gasteiger charge is -2.53. The minimum absolute atomic E-state index is 0.0240. The Bertz CT molecular complexity index is 1220. The van der Waals surface area contributed by atoms with Crippen LogP contribution in [-0.2, 0) is 11.2 Å². The lowest BCUT2D eigenvalue weighted by molar-refractivity contribution is -0.117. The Morgan fingerprint density at radius 1 is 1.17 bits per heavy atom. The number of nitrogens with zero attached hydrogens (tertiary/aromatic N) is 5. The number of piperidine rings is 1. The quantitative estimate of drug-likeness (QED) is 0.586. The van der Waals surface area contributed by atoms with Crippen LogP contribution in [0, 0.1) is 28.1 Å². The topological polar surface area (TPSA) is 147 Å². The highest BCUT2D eigenvalue weighted by Gasteiger charge is 2.47. The van der Waals surface area contributed by atoms with Gasteiger partial charge in [0.15, 0.2) is 0 Å². The van der Waals surface area contributed by atoms with E-state index in [2.05, 4.69) is 12.1 Å². The molecule has 35 heavy (non-hydrogen) atoms. The number of nitriles is 2. The normalized spacial score (nSPS) is 17.2. The summed E-state index contributed by atoms with van der Waals surface area (Å²) in [6.07, 6.45) is 1.16. The molecule has 3 heterocycles. The van der Waals surface area contributed by atoms with Gasteiger partial charge < -0.3 is 20.6 Å². The van der Waals surface area contributed by atoms with Crippen molar-refractivity contribution < 1.29 is 14.7 Å². The van der Waals surface area contributed by atoms with Crippen LogP contribution in [0.4, 0.5) is 10.6 Å². The number of carboxylic acid groups (broad SMARTS) is 1. The Labute approximate surface area is 208 Å². The number of carbonyl (C=O) groups is 2. The molecule has 1 atom stereocenters. The SMILES string of the molecule is CCc1c(C#N)c(SC(C(N)=O)c2ccccc2)nc(N2CCC3(CC2)CN(C(=O)O)C3)c1C#N. The molecule has 0 bridgehead atoms. The van der Waals surface area contributed by atoms with Gasteiger partial charge in [0.1, 0.15) is 28.2 Å². The highest BCUT2D eigenvalue weighted by molar-refractivity contribution is 8.00. The molecule has 9 nitrogen and oxygen atoms in total. The van der Waals surface area contributed by atoms with Crippen LogP contribution in [0.2, 0.25) is 0 Å². The fourth-order valence-corrected chi connectivity index (χ4v) is 5.99. The molecule has 0 aliphatic carbocycles. The third kappa shape index (κ3) is 4.62. The van der Waals surface area contributed by atoms with E-state index in [4.69, 9.17) is 10.7 Å². The minimum Gasteiger partial charge on any atom is -0.465 e. The Morgan fingerprint density at radius 3 is 2.31 bits per heavy atom. The van der Waals surface area contributed by atoms with Gasteiger partial charge in [0.05, 0.1) is 11.1 Å². The first kappa shape index (κ1) is 24.4. The van der Waals surface area contributed by atoms with Gasteiger partial charge in [0.2, 0.25) is 5.91 Å². The molecule has 1 aromatic carbocycles. The zero-order valence-corrected chi connectivity index (χ0v) is 20.2. The number of aromatic nitrogens is 1. The summed E-state index contributed by atoms with van der Waals surface area (Å²) in [5.74, 6) is -0.0323. The highest BCUT2D eigenvalue weighted by atomic mass is 32.2. The van der Waals surface area contributed by atoms with E-state index in [1.165, 1.54) is 4.90 Å². The molecule has 2 aliphatic rings. The molecule has 10 heteroatoms. The molecule has 2 aliphatic heterocycles. The van der Waals surface area contributed by atoms with E-state index in [1.807, 2.05) is 42.2 Å². The van der Waals surface area contributed by atoms with Crippen LogP contribution >= 0.6 is 11.8 Å². The van der Waals surface area contributed by atoms with Crippen LogP contribution in [0.15, 0.2) is 35.4 Å². The number of anilines is 1. The maximum atomic E-state index is 12.3. The Hall–Kier alpha value is -3.76. The van der Waals surface area contributed by atoms with Crippen molar-refractivity contribution in [3.05, 3.63) is 52.6 Å². The fourth-order valence-electron chi connectivity index (χ4n) is 4.94. The number of thioether (sulfide) groups is 1. The Balaban J connectivity index is 1.68. The molecule has 4 rings (SSSR count). The number of rotatable bonds is 6. The average Bonchev–Trinajstić information content (AvgIpc) is 2.85. The molecule has 2 amide bonds. The number of likely N-dealkylation sites (tertiary alicyclic amines) is 1. The van der Waals surface area contributed by atoms with Crippen molar-refractivity contribution in [3.63, 3.8) is 0 Å². The van der Waals surface area contributed by atoms with E-state index in [0.29, 0.717) is 65.7 Å². The minimum atomic E-state index is -0.893. The van der Waals surface area contributed by atoms with Gasteiger partial charge in [-0.15, -0.1) is 0 Å². The van der Waals surface area contributed by atoms with E-state index in [0.717, 1.165) is 24.6 Å². The maximum Gasteiger partial charge on any atom is 0.407 e. The van der Waals surface area contributed by atoms with Crippen molar-refractivity contribution in [2.75, 3.05) is 31.1 Å². The van der Waals surface area contributed by atoms with Gasteiger partial charge in [-0.25, -0.2) is 9.78 Å². The van der Waals surface area contributed by atoms with Crippen LogP contribution in [-0.4, -0.2) is 53.2 Å². The number of amides is 2. The van der Waals surface area contributed by atoms with E-state index in [1.54, 1.807) is 0 Å². The predicted molar refractivity (Wildman–Crippen MR) is 131 cm³/mol.